The van der Waals surface area contributed by atoms with Gasteiger partial charge in [0.15, 0.2) is 5.82 Å². The van der Waals surface area contributed by atoms with Crippen molar-refractivity contribution in [3.8, 4) is 23.3 Å². The maximum Gasteiger partial charge on any atom is 0.319 e. The summed E-state index contributed by atoms with van der Waals surface area (Å²) in [5.74, 6) is -0.0433. The summed E-state index contributed by atoms with van der Waals surface area (Å²) in [5, 5.41) is 10.7. The minimum atomic E-state index is -0.919. The Bertz CT molecular complexity index is 1880. The van der Waals surface area contributed by atoms with E-state index in [2.05, 4.69) is 25.8 Å². The Kier molecular flexibility index (Phi) is 8.86. The van der Waals surface area contributed by atoms with Crippen LogP contribution in [0.25, 0.3) is 22.2 Å². The van der Waals surface area contributed by atoms with Crippen LogP contribution in [0.5, 0.6) is 6.01 Å². The number of nitriles is 1. The number of benzene rings is 1. The molecule has 4 atom stereocenters. The monoisotopic (exact) mass is 702 g/mol. The number of likely N-dealkylation sites (N-methyl/N-ethyl adjacent to an activating group) is 1. The van der Waals surface area contributed by atoms with Gasteiger partial charge in [0.1, 0.15) is 29.8 Å². The van der Waals surface area contributed by atoms with E-state index in [1.165, 1.54) is 0 Å². The van der Waals surface area contributed by atoms with Crippen molar-refractivity contribution in [2.24, 2.45) is 0 Å². The predicted octanol–water partition coefficient (Wildman–Crippen LogP) is 5.51. The molecule has 1 aliphatic carbocycles. The molecule has 10 nitrogen and oxygen atoms in total. The maximum atomic E-state index is 16.8. The van der Waals surface area contributed by atoms with Gasteiger partial charge in [0, 0.05) is 68.0 Å². The van der Waals surface area contributed by atoms with Crippen molar-refractivity contribution in [3.63, 3.8) is 0 Å². The lowest BCUT2D eigenvalue weighted by Gasteiger charge is -2.41. The Hall–Kier alpha value is -3.92. The molecular formula is C37H41ClF2N8O2. The van der Waals surface area contributed by atoms with Gasteiger partial charge in [-0.15, -0.1) is 0 Å². The molecule has 0 radical (unpaired) electrons. The molecule has 0 unspecified atom stereocenters. The number of piperazine rings is 1. The Balaban J connectivity index is 1.15. The van der Waals surface area contributed by atoms with Crippen LogP contribution in [-0.2, 0) is 4.79 Å². The zero-order valence-electron chi connectivity index (χ0n) is 28.2. The standard InChI is InChI=1S/C37H41ClF2N8O2/c1-45-15-11-25(45)8-9-30(49)48-17-16-46(21-26(48)10-13-41)35-28-19-42-33(27-4-2-5-29(38)31(27)23-6-7-23)32(40)34(28)43-36(44-35)50-22-37-12-3-14-47(37)20-24(39)18-37/h2,4-5,8-9,19,23-26H,3,6-7,10-12,14-18,20-22H2,1H3/b9-8+/t24-,25+,26+,37+/m1/s1. The number of alkyl halides is 1. The second-order valence-corrected chi connectivity index (χ2v) is 14.9. The molecule has 0 spiro atoms. The van der Waals surface area contributed by atoms with E-state index in [4.69, 9.17) is 21.3 Å². The summed E-state index contributed by atoms with van der Waals surface area (Å²) >= 11 is 6.63. The van der Waals surface area contributed by atoms with Crippen LogP contribution in [-0.4, -0.2) is 112 Å². The molecule has 4 aliphatic heterocycles. The van der Waals surface area contributed by atoms with Gasteiger partial charge in [-0.25, -0.2) is 8.78 Å². The summed E-state index contributed by atoms with van der Waals surface area (Å²) < 4.78 is 37.7. The number of carbonyl (C=O) groups is 1. The second kappa shape index (κ2) is 13.3. The van der Waals surface area contributed by atoms with Crippen molar-refractivity contribution in [2.45, 2.75) is 74.7 Å². The quantitative estimate of drug-likeness (QED) is 0.267. The third kappa shape index (κ3) is 6.07. The van der Waals surface area contributed by atoms with Gasteiger partial charge >= 0.3 is 6.01 Å². The molecule has 5 fully saturated rings. The topological polar surface area (TPSA) is 102 Å². The molecule has 1 amide bonds. The third-order valence-corrected chi connectivity index (χ3v) is 11.7. The first-order valence-corrected chi connectivity index (χ1v) is 18.1. The highest BCUT2D eigenvalue weighted by Crippen LogP contribution is 2.48. The molecule has 13 heteroatoms. The van der Waals surface area contributed by atoms with Gasteiger partial charge in [-0.2, -0.15) is 15.2 Å². The molecule has 3 aromatic rings. The fourth-order valence-electron chi connectivity index (χ4n) is 8.38. The Morgan fingerprint density at radius 3 is 2.80 bits per heavy atom. The summed E-state index contributed by atoms with van der Waals surface area (Å²) in [6, 6.07) is 7.56. The van der Waals surface area contributed by atoms with E-state index in [1.54, 1.807) is 23.2 Å². The number of nitrogens with zero attached hydrogens (tertiary/aromatic N) is 8. The number of hydrogen-bond donors (Lipinski definition) is 0. The number of anilines is 1. The molecule has 2 aromatic heterocycles. The van der Waals surface area contributed by atoms with Crippen molar-refractivity contribution in [1.82, 2.24) is 29.7 Å². The third-order valence-electron chi connectivity index (χ3n) is 11.4. The van der Waals surface area contributed by atoms with E-state index in [-0.39, 0.29) is 48.1 Å². The van der Waals surface area contributed by atoms with Gasteiger partial charge in [0.2, 0.25) is 5.91 Å². The largest absolute Gasteiger partial charge is 0.461 e. The minimum absolute atomic E-state index is 0.00323. The van der Waals surface area contributed by atoms with Gasteiger partial charge < -0.3 is 14.5 Å². The predicted molar refractivity (Wildman–Crippen MR) is 186 cm³/mol. The summed E-state index contributed by atoms with van der Waals surface area (Å²) in [6.07, 6.45) is 9.50. The van der Waals surface area contributed by atoms with E-state index in [0.29, 0.717) is 54.4 Å². The number of hydrogen-bond acceptors (Lipinski definition) is 9. The van der Waals surface area contributed by atoms with Crippen LogP contribution in [0.1, 0.15) is 56.4 Å². The van der Waals surface area contributed by atoms with Crippen molar-refractivity contribution in [2.75, 3.05) is 57.8 Å². The number of rotatable bonds is 9. The number of fused-ring (bicyclic) bond motifs is 2. The highest BCUT2D eigenvalue weighted by molar-refractivity contribution is 6.32. The van der Waals surface area contributed by atoms with Gasteiger partial charge in [0.25, 0.3) is 0 Å². The van der Waals surface area contributed by atoms with Crippen LogP contribution in [0.4, 0.5) is 14.6 Å². The van der Waals surface area contributed by atoms with E-state index in [9.17, 15) is 14.4 Å². The molecular weight excluding hydrogens is 662 g/mol. The zero-order chi connectivity index (χ0) is 34.6. The lowest BCUT2D eigenvalue weighted by Crippen LogP contribution is -2.55. The van der Waals surface area contributed by atoms with Crippen molar-refractivity contribution in [1.29, 1.82) is 5.26 Å². The summed E-state index contributed by atoms with van der Waals surface area (Å²) in [6.45, 7) is 3.47. The van der Waals surface area contributed by atoms with E-state index in [1.807, 2.05) is 30.2 Å². The first kappa shape index (κ1) is 33.2. The van der Waals surface area contributed by atoms with Gasteiger partial charge in [-0.05, 0) is 63.2 Å². The molecule has 0 bridgehead atoms. The summed E-state index contributed by atoms with van der Waals surface area (Å²) in [5.41, 5.74) is 1.33. The molecule has 0 N–H and O–H groups in total. The lowest BCUT2D eigenvalue weighted by molar-refractivity contribution is -0.128. The summed E-state index contributed by atoms with van der Waals surface area (Å²) in [4.78, 5) is 35.5. The SMILES string of the molecule is CN1CC[C@@H]1/C=C/C(=O)N1CCN(c2nc(OC[C@@]34CCCN3C[C@H](F)C4)nc3c(F)c(-c4cccc(Cl)c4C4CC4)ncc23)C[C@@H]1CC#N. The van der Waals surface area contributed by atoms with E-state index < -0.39 is 23.6 Å². The average molecular weight is 703 g/mol. The minimum Gasteiger partial charge on any atom is -0.461 e. The van der Waals surface area contributed by atoms with Crippen molar-refractivity contribution >= 4 is 34.2 Å². The van der Waals surface area contributed by atoms with Crippen LogP contribution >= 0.6 is 11.6 Å². The number of carbonyl (C=O) groups excluding carboxylic acids is 1. The first-order chi connectivity index (χ1) is 24.2. The van der Waals surface area contributed by atoms with Crippen molar-refractivity contribution < 1.29 is 18.3 Å². The van der Waals surface area contributed by atoms with Crippen LogP contribution in [0, 0.1) is 17.1 Å². The number of ether oxygens (including phenoxy) is 1. The van der Waals surface area contributed by atoms with Crippen molar-refractivity contribution in [3.05, 3.63) is 53.0 Å². The molecule has 6 heterocycles. The molecule has 1 saturated carbocycles. The first-order valence-electron chi connectivity index (χ1n) is 17.7. The number of likely N-dealkylation sites (tertiary alicyclic amines) is 1. The van der Waals surface area contributed by atoms with Crippen LogP contribution in [0.15, 0.2) is 36.5 Å². The van der Waals surface area contributed by atoms with Gasteiger partial charge in [-0.3, -0.25) is 19.6 Å². The molecule has 1 aromatic carbocycles. The number of pyridine rings is 1. The number of halogens is 3. The van der Waals surface area contributed by atoms with Crippen LogP contribution in [0.3, 0.4) is 0 Å². The Morgan fingerprint density at radius 2 is 2.04 bits per heavy atom. The molecule has 50 heavy (non-hydrogen) atoms. The smallest absolute Gasteiger partial charge is 0.319 e. The molecule has 5 aliphatic rings. The zero-order valence-corrected chi connectivity index (χ0v) is 29.0. The van der Waals surface area contributed by atoms with E-state index >= 15 is 4.39 Å². The molecule has 262 valence electrons. The lowest BCUT2D eigenvalue weighted by atomic mass is 9.95. The fraction of sp³-hybridized carbons (Fsp3) is 0.541. The highest BCUT2D eigenvalue weighted by atomic mass is 35.5. The highest BCUT2D eigenvalue weighted by Gasteiger charge is 2.49. The van der Waals surface area contributed by atoms with E-state index in [0.717, 1.165) is 50.8 Å². The van der Waals surface area contributed by atoms with Gasteiger partial charge in [-0.1, -0.05) is 29.8 Å². The average Bonchev–Trinajstić information content (AvgIpc) is 3.79. The van der Waals surface area contributed by atoms with Crippen LogP contribution < -0.4 is 9.64 Å². The summed E-state index contributed by atoms with van der Waals surface area (Å²) in [7, 11) is 2.03. The second-order valence-electron chi connectivity index (χ2n) is 14.5. The maximum absolute atomic E-state index is 16.8. The molecule has 4 saturated heterocycles. The Labute approximate surface area is 295 Å². The van der Waals surface area contributed by atoms with Gasteiger partial charge in [0.05, 0.1) is 29.5 Å². The normalized spacial score (nSPS) is 27.1. The molecule has 8 rings (SSSR count). The number of aromatic nitrogens is 3. The van der Waals surface area contributed by atoms with Crippen LogP contribution in [0.2, 0.25) is 5.02 Å². The Morgan fingerprint density at radius 1 is 1.18 bits per heavy atom. The fourth-order valence-corrected chi connectivity index (χ4v) is 8.71. The number of amides is 1.